The standard InChI is InChI=1S/C14H15ClN2O3/c1-3-6-12(13(18)19)16-14(20)17(2)9-10-7-4-5-8-11(10)15/h1,4-5,7-8,12H,6,9H2,2H3,(H,16,20)(H,18,19). The second-order valence-electron chi connectivity index (χ2n) is 4.20. The van der Waals surface area contributed by atoms with Crippen LogP contribution in [0.2, 0.25) is 5.02 Å². The third-order valence-electron chi connectivity index (χ3n) is 2.63. The smallest absolute Gasteiger partial charge is 0.327 e. The van der Waals surface area contributed by atoms with Crippen LogP contribution >= 0.6 is 11.6 Å². The highest BCUT2D eigenvalue weighted by Gasteiger charge is 2.21. The predicted octanol–water partition coefficient (Wildman–Crippen LogP) is 1.96. The van der Waals surface area contributed by atoms with Crippen molar-refractivity contribution in [3.05, 3.63) is 34.9 Å². The highest BCUT2D eigenvalue weighted by atomic mass is 35.5. The Hall–Kier alpha value is -2.19. The van der Waals surface area contributed by atoms with Crippen LogP contribution in [0.25, 0.3) is 0 Å². The second kappa shape index (κ2) is 7.41. The quantitative estimate of drug-likeness (QED) is 0.816. The fraction of sp³-hybridized carbons (Fsp3) is 0.286. The van der Waals surface area contributed by atoms with Gasteiger partial charge in [0.05, 0.1) is 0 Å². The molecule has 0 aromatic heterocycles. The van der Waals surface area contributed by atoms with Crippen molar-refractivity contribution in [3.8, 4) is 12.3 Å². The monoisotopic (exact) mass is 294 g/mol. The SMILES string of the molecule is C#CCC(NC(=O)N(C)Cc1ccccc1Cl)C(=O)O. The van der Waals surface area contributed by atoms with Crippen molar-refractivity contribution in [2.45, 2.75) is 19.0 Å². The molecule has 0 aliphatic rings. The number of amides is 2. The van der Waals surface area contributed by atoms with Gasteiger partial charge in [0.15, 0.2) is 0 Å². The number of nitrogens with one attached hydrogen (secondary N) is 1. The van der Waals surface area contributed by atoms with E-state index in [1.54, 1.807) is 25.2 Å². The second-order valence-corrected chi connectivity index (χ2v) is 4.60. The number of carboxylic acid groups (broad SMARTS) is 1. The first-order chi connectivity index (χ1) is 9.45. The van der Waals surface area contributed by atoms with Gasteiger partial charge < -0.3 is 15.3 Å². The van der Waals surface area contributed by atoms with Gasteiger partial charge in [0, 0.05) is 25.0 Å². The van der Waals surface area contributed by atoms with Crippen molar-refractivity contribution in [2.75, 3.05) is 7.05 Å². The molecule has 0 aliphatic heterocycles. The summed E-state index contributed by atoms with van der Waals surface area (Å²) >= 11 is 6.00. The molecule has 0 radical (unpaired) electrons. The van der Waals surface area contributed by atoms with Crippen molar-refractivity contribution >= 4 is 23.6 Å². The van der Waals surface area contributed by atoms with Gasteiger partial charge in [-0.1, -0.05) is 29.8 Å². The van der Waals surface area contributed by atoms with Crippen LogP contribution in [-0.4, -0.2) is 35.1 Å². The lowest BCUT2D eigenvalue weighted by Gasteiger charge is -2.21. The fourth-order valence-electron chi connectivity index (χ4n) is 1.53. The molecule has 1 aromatic rings. The first-order valence-electron chi connectivity index (χ1n) is 5.87. The maximum absolute atomic E-state index is 11.9. The molecule has 20 heavy (non-hydrogen) atoms. The number of halogens is 1. The Labute approximate surface area is 122 Å². The van der Waals surface area contributed by atoms with Gasteiger partial charge in [-0.2, -0.15) is 0 Å². The Morgan fingerprint density at radius 1 is 1.50 bits per heavy atom. The van der Waals surface area contributed by atoms with Crippen LogP contribution in [0.3, 0.4) is 0 Å². The lowest BCUT2D eigenvalue weighted by atomic mass is 10.2. The minimum atomic E-state index is -1.16. The molecule has 0 heterocycles. The van der Waals surface area contributed by atoms with E-state index >= 15 is 0 Å². The normalized spacial score (nSPS) is 11.2. The average Bonchev–Trinajstić information content (AvgIpc) is 2.40. The maximum Gasteiger partial charge on any atom is 0.327 e. The molecule has 1 aromatic carbocycles. The molecule has 0 aliphatic carbocycles. The van der Waals surface area contributed by atoms with Crippen LogP contribution in [-0.2, 0) is 11.3 Å². The predicted molar refractivity (Wildman–Crippen MR) is 76.3 cm³/mol. The van der Waals surface area contributed by atoms with Crippen LogP contribution in [0.4, 0.5) is 4.79 Å². The van der Waals surface area contributed by atoms with E-state index in [2.05, 4.69) is 11.2 Å². The largest absolute Gasteiger partial charge is 0.480 e. The minimum absolute atomic E-state index is 0.0684. The van der Waals surface area contributed by atoms with Crippen LogP contribution in [0, 0.1) is 12.3 Å². The summed E-state index contributed by atoms with van der Waals surface area (Å²) < 4.78 is 0. The number of hydrogen-bond acceptors (Lipinski definition) is 2. The number of rotatable bonds is 5. The molecule has 1 rings (SSSR count). The molecule has 1 unspecified atom stereocenters. The molecule has 0 saturated carbocycles. The summed E-state index contributed by atoms with van der Waals surface area (Å²) in [5.74, 6) is 1.05. The van der Waals surface area contributed by atoms with Gasteiger partial charge in [0.2, 0.25) is 0 Å². The molecule has 5 nitrogen and oxygen atoms in total. The summed E-state index contributed by atoms with van der Waals surface area (Å²) in [6, 6.07) is 5.50. The fourth-order valence-corrected chi connectivity index (χ4v) is 1.73. The molecular weight excluding hydrogens is 280 g/mol. The van der Waals surface area contributed by atoms with Crippen LogP contribution in [0.5, 0.6) is 0 Å². The Morgan fingerprint density at radius 2 is 2.15 bits per heavy atom. The molecule has 0 spiro atoms. The number of terminal acetylenes is 1. The molecule has 6 heteroatoms. The van der Waals surface area contributed by atoms with Crippen molar-refractivity contribution in [3.63, 3.8) is 0 Å². The average molecular weight is 295 g/mol. The van der Waals surface area contributed by atoms with E-state index in [-0.39, 0.29) is 13.0 Å². The minimum Gasteiger partial charge on any atom is -0.480 e. The van der Waals surface area contributed by atoms with Crippen molar-refractivity contribution in [2.24, 2.45) is 0 Å². The van der Waals surface area contributed by atoms with Crippen LogP contribution < -0.4 is 5.32 Å². The van der Waals surface area contributed by atoms with E-state index in [0.717, 1.165) is 5.56 Å². The summed E-state index contributed by atoms with van der Waals surface area (Å²) in [4.78, 5) is 24.1. The third kappa shape index (κ3) is 4.48. The van der Waals surface area contributed by atoms with Crippen molar-refractivity contribution in [1.82, 2.24) is 10.2 Å². The van der Waals surface area contributed by atoms with Gasteiger partial charge in [0.25, 0.3) is 0 Å². The van der Waals surface area contributed by atoms with E-state index in [1.807, 2.05) is 6.07 Å². The Balaban J connectivity index is 2.66. The van der Waals surface area contributed by atoms with E-state index < -0.39 is 18.0 Å². The zero-order chi connectivity index (χ0) is 15.1. The summed E-state index contributed by atoms with van der Waals surface area (Å²) in [7, 11) is 1.55. The summed E-state index contributed by atoms with van der Waals surface area (Å²) in [6.45, 7) is 0.272. The summed E-state index contributed by atoms with van der Waals surface area (Å²) in [5.41, 5.74) is 0.774. The molecule has 106 valence electrons. The molecule has 0 bridgehead atoms. The van der Waals surface area contributed by atoms with Gasteiger partial charge in [-0.25, -0.2) is 9.59 Å². The zero-order valence-electron chi connectivity index (χ0n) is 11.0. The zero-order valence-corrected chi connectivity index (χ0v) is 11.7. The first kappa shape index (κ1) is 15.9. The highest BCUT2D eigenvalue weighted by Crippen LogP contribution is 2.16. The number of benzene rings is 1. The molecule has 2 amide bonds. The molecular formula is C14H15ClN2O3. The Morgan fingerprint density at radius 3 is 2.70 bits per heavy atom. The number of urea groups is 1. The van der Waals surface area contributed by atoms with Gasteiger partial charge >= 0.3 is 12.0 Å². The number of nitrogens with zero attached hydrogens (tertiary/aromatic N) is 1. The first-order valence-corrected chi connectivity index (χ1v) is 6.24. The summed E-state index contributed by atoms with van der Waals surface area (Å²) in [6.07, 6.45) is 5.00. The molecule has 2 N–H and O–H groups in total. The van der Waals surface area contributed by atoms with Crippen molar-refractivity contribution < 1.29 is 14.7 Å². The van der Waals surface area contributed by atoms with E-state index in [4.69, 9.17) is 23.1 Å². The third-order valence-corrected chi connectivity index (χ3v) is 3.00. The molecule has 1 atom stereocenters. The number of carbonyl (C=O) groups excluding carboxylic acids is 1. The van der Waals surface area contributed by atoms with E-state index in [1.165, 1.54) is 4.90 Å². The number of carbonyl (C=O) groups is 2. The lowest BCUT2D eigenvalue weighted by Crippen LogP contribution is -2.46. The van der Waals surface area contributed by atoms with E-state index in [9.17, 15) is 9.59 Å². The van der Waals surface area contributed by atoms with Crippen LogP contribution in [0.15, 0.2) is 24.3 Å². The van der Waals surface area contributed by atoms with Crippen molar-refractivity contribution in [1.29, 1.82) is 0 Å². The Kier molecular flexibility index (Phi) is 5.88. The van der Waals surface area contributed by atoms with Gasteiger partial charge in [-0.15, -0.1) is 12.3 Å². The van der Waals surface area contributed by atoms with E-state index in [0.29, 0.717) is 5.02 Å². The lowest BCUT2D eigenvalue weighted by molar-refractivity contribution is -0.139. The summed E-state index contributed by atoms with van der Waals surface area (Å²) in [5, 5.41) is 11.8. The van der Waals surface area contributed by atoms with Gasteiger partial charge in [-0.05, 0) is 11.6 Å². The van der Waals surface area contributed by atoms with Gasteiger partial charge in [0.1, 0.15) is 6.04 Å². The number of carboxylic acids is 1. The van der Waals surface area contributed by atoms with Crippen LogP contribution in [0.1, 0.15) is 12.0 Å². The number of hydrogen-bond donors (Lipinski definition) is 2. The maximum atomic E-state index is 11.9. The Bertz CT molecular complexity index is 539. The number of aliphatic carboxylic acids is 1. The topological polar surface area (TPSA) is 69.6 Å². The molecule has 0 fully saturated rings. The molecule has 0 saturated heterocycles. The van der Waals surface area contributed by atoms with Gasteiger partial charge in [-0.3, -0.25) is 0 Å². The highest BCUT2D eigenvalue weighted by molar-refractivity contribution is 6.31.